The number of hydrogen-bond donors (Lipinski definition) is 0. The van der Waals surface area contributed by atoms with Gasteiger partial charge in [-0.15, -0.1) is 0 Å². The summed E-state index contributed by atoms with van der Waals surface area (Å²) in [6.07, 6.45) is 5.54. The fourth-order valence-corrected chi connectivity index (χ4v) is 2.81. The molecule has 1 aliphatic rings. The van der Waals surface area contributed by atoms with Crippen molar-refractivity contribution in [2.45, 2.75) is 38.1 Å². The molecule has 0 N–H and O–H groups in total. The third-order valence-corrected chi connectivity index (χ3v) is 4.22. The van der Waals surface area contributed by atoms with Crippen molar-refractivity contribution in [1.29, 1.82) is 0 Å². The summed E-state index contributed by atoms with van der Waals surface area (Å²) in [4.78, 5) is 24.3. The van der Waals surface area contributed by atoms with Gasteiger partial charge in [0, 0.05) is 19.2 Å². The fourth-order valence-electron chi connectivity index (χ4n) is 2.81. The largest absolute Gasteiger partial charge is 0.493 e. The number of nitro benzene ring substituents is 1. The highest BCUT2D eigenvalue weighted by molar-refractivity contribution is 5.78. The topological polar surface area (TPSA) is 81.9 Å². The first-order valence-electron chi connectivity index (χ1n) is 7.74. The molecule has 1 saturated carbocycles. The second-order valence-corrected chi connectivity index (χ2v) is 5.68. The molecule has 7 heteroatoms. The van der Waals surface area contributed by atoms with Gasteiger partial charge in [0.05, 0.1) is 18.1 Å². The van der Waals surface area contributed by atoms with Crippen LogP contribution in [-0.4, -0.2) is 42.5 Å². The van der Waals surface area contributed by atoms with Crippen LogP contribution in [-0.2, 0) is 4.79 Å². The molecule has 0 aromatic heterocycles. The highest BCUT2D eigenvalue weighted by Gasteiger charge is 2.23. The zero-order valence-electron chi connectivity index (χ0n) is 13.5. The van der Waals surface area contributed by atoms with Crippen molar-refractivity contribution in [2.75, 3.05) is 20.8 Å². The highest BCUT2D eigenvalue weighted by Crippen LogP contribution is 2.31. The van der Waals surface area contributed by atoms with Gasteiger partial charge in [0.15, 0.2) is 18.1 Å². The average molecular weight is 322 g/mol. The number of rotatable bonds is 6. The molecule has 1 aromatic rings. The summed E-state index contributed by atoms with van der Waals surface area (Å²) >= 11 is 0. The molecule has 0 unspecified atom stereocenters. The Kier molecular flexibility index (Phi) is 5.78. The Bertz CT molecular complexity index is 570. The quantitative estimate of drug-likeness (QED) is 0.594. The number of non-ortho nitro benzene ring substituents is 1. The molecule has 0 aliphatic heterocycles. The van der Waals surface area contributed by atoms with Crippen LogP contribution < -0.4 is 9.47 Å². The minimum absolute atomic E-state index is 0.103. The first-order valence-corrected chi connectivity index (χ1v) is 7.74. The number of amides is 1. The van der Waals surface area contributed by atoms with Crippen LogP contribution in [0.4, 0.5) is 5.69 Å². The Labute approximate surface area is 135 Å². The van der Waals surface area contributed by atoms with Gasteiger partial charge in [-0.05, 0) is 18.9 Å². The predicted molar refractivity (Wildman–Crippen MR) is 84.8 cm³/mol. The van der Waals surface area contributed by atoms with Crippen LogP contribution in [0, 0.1) is 10.1 Å². The monoisotopic (exact) mass is 322 g/mol. The zero-order valence-corrected chi connectivity index (χ0v) is 13.5. The fraction of sp³-hybridized carbons (Fsp3) is 0.562. The van der Waals surface area contributed by atoms with Crippen molar-refractivity contribution in [3.63, 3.8) is 0 Å². The molecule has 0 spiro atoms. The summed E-state index contributed by atoms with van der Waals surface area (Å²) in [5, 5.41) is 10.8. The molecule has 2 rings (SSSR count). The van der Waals surface area contributed by atoms with Crippen LogP contribution in [0.25, 0.3) is 0 Å². The molecule has 7 nitrogen and oxygen atoms in total. The van der Waals surface area contributed by atoms with E-state index in [1.807, 2.05) is 0 Å². The van der Waals surface area contributed by atoms with E-state index >= 15 is 0 Å². The lowest BCUT2D eigenvalue weighted by Gasteiger charge is -2.31. The van der Waals surface area contributed by atoms with E-state index in [9.17, 15) is 14.9 Å². The maximum atomic E-state index is 12.3. The number of methoxy groups -OCH3 is 1. The summed E-state index contributed by atoms with van der Waals surface area (Å²) < 4.78 is 10.6. The standard InChI is InChI=1S/C16H22N2O5/c1-17(12-6-4-3-5-7-12)16(19)11-23-15-10-13(18(20)21)8-9-14(15)22-2/h8-10,12H,3-7,11H2,1-2H3. The zero-order chi connectivity index (χ0) is 16.8. The van der Waals surface area contributed by atoms with Gasteiger partial charge >= 0.3 is 0 Å². The lowest BCUT2D eigenvalue weighted by molar-refractivity contribution is -0.385. The van der Waals surface area contributed by atoms with E-state index in [2.05, 4.69) is 0 Å². The average Bonchev–Trinajstić information content (AvgIpc) is 2.59. The number of ether oxygens (including phenoxy) is 2. The van der Waals surface area contributed by atoms with Crippen molar-refractivity contribution >= 4 is 11.6 Å². The Morgan fingerprint density at radius 3 is 2.61 bits per heavy atom. The lowest BCUT2D eigenvalue weighted by Crippen LogP contribution is -2.40. The van der Waals surface area contributed by atoms with Gasteiger partial charge < -0.3 is 14.4 Å². The number of likely N-dealkylation sites (N-methyl/N-ethyl adjacent to an activating group) is 1. The summed E-state index contributed by atoms with van der Waals surface area (Å²) in [7, 11) is 3.23. The number of nitro groups is 1. The van der Waals surface area contributed by atoms with Gasteiger partial charge in [0.1, 0.15) is 0 Å². The second kappa shape index (κ2) is 7.80. The van der Waals surface area contributed by atoms with Gasteiger partial charge in [-0.1, -0.05) is 19.3 Å². The molecule has 1 amide bonds. The van der Waals surface area contributed by atoms with Crippen molar-refractivity contribution in [2.24, 2.45) is 0 Å². The number of hydrogen-bond acceptors (Lipinski definition) is 5. The van der Waals surface area contributed by atoms with E-state index in [-0.39, 0.29) is 30.0 Å². The number of carbonyl (C=O) groups excluding carboxylic acids is 1. The summed E-state index contributed by atoms with van der Waals surface area (Å²) in [6.45, 7) is -0.162. The van der Waals surface area contributed by atoms with Crippen molar-refractivity contribution in [3.8, 4) is 11.5 Å². The van der Waals surface area contributed by atoms with Crippen molar-refractivity contribution in [1.82, 2.24) is 4.90 Å². The minimum atomic E-state index is -0.512. The minimum Gasteiger partial charge on any atom is -0.493 e. The van der Waals surface area contributed by atoms with Crippen LogP contribution in [0.5, 0.6) is 11.5 Å². The summed E-state index contributed by atoms with van der Waals surface area (Å²) in [6, 6.07) is 4.32. The van der Waals surface area contributed by atoms with Gasteiger partial charge in [-0.25, -0.2) is 0 Å². The van der Waals surface area contributed by atoms with E-state index in [1.165, 1.54) is 31.7 Å². The van der Waals surface area contributed by atoms with Crippen LogP contribution in [0.1, 0.15) is 32.1 Å². The molecular weight excluding hydrogens is 300 g/mol. The van der Waals surface area contributed by atoms with E-state index in [0.717, 1.165) is 25.7 Å². The van der Waals surface area contributed by atoms with E-state index in [4.69, 9.17) is 9.47 Å². The van der Waals surface area contributed by atoms with Gasteiger partial charge in [0.25, 0.3) is 11.6 Å². The van der Waals surface area contributed by atoms with Crippen LogP contribution in [0.3, 0.4) is 0 Å². The van der Waals surface area contributed by atoms with E-state index in [0.29, 0.717) is 5.75 Å². The Balaban J connectivity index is 2.00. The molecular formula is C16H22N2O5. The molecule has 126 valence electrons. The molecule has 1 fully saturated rings. The molecule has 1 aromatic carbocycles. The molecule has 0 atom stereocenters. The molecule has 1 aliphatic carbocycles. The highest BCUT2D eigenvalue weighted by atomic mass is 16.6. The van der Waals surface area contributed by atoms with E-state index < -0.39 is 4.92 Å². The SMILES string of the molecule is COc1ccc([N+](=O)[O-])cc1OCC(=O)N(C)C1CCCCC1. The lowest BCUT2D eigenvalue weighted by atomic mass is 9.94. The Morgan fingerprint density at radius 1 is 1.30 bits per heavy atom. The first-order chi connectivity index (χ1) is 11.0. The molecule has 23 heavy (non-hydrogen) atoms. The molecule has 0 heterocycles. The number of benzene rings is 1. The smallest absolute Gasteiger partial charge is 0.273 e. The molecule has 0 bridgehead atoms. The van der Waals surface area contributed by atoms with Gasteiger partial charge in [-0.3, -0.25) is 14.9 Å². The predicted octanol–water partition coefficient (Wildman–Crippen LogP) is 2.77. The maximum Gasteiger partial charge on any atom is 0.273 e. The Morgan fingerprint density at radius 2 is 2.00 bits per heavy atom. The maximum absolute atomic E-state index is 12.3. The van der Waals surface area contributed by atoms with Crippen LogP contribution >= 0.6 is 0 Å². The summed E-state index contributed by atoms with van der Waals surface area (Å²) in [5.41, 5.74) is -0.103. The number of nitrogens with zero attached hydrogens (tertiary/aromatic N) is 2. The van der Waals surface area contributed by atoms with Gasteiger partial charge in [-0.2, -0.15) is 0 Å². The Hall–Kier alpha value is -2.31. The van der Waals surface area contributed by atoms with Crippen LogP contribution in [0.15, 0.2) is 18.2 Å². The molecule has 0 radical (unpaired) electrons. The number of carbonyl (C=O) groups is 1. The first kappa shape index (κ1) is 17.1. The van der Waals surface area contributed by atoms with E-state index in [1.54, 1.807) is 11.9 Å². The second-order valence-electron chi connectivity index (χ2n) is 5.68. The third-order valence-electron chi connectivity index (χ3n) is 4.22. The van der Waals surface area contributed by atoms with Crippen LogP contribution in [0.2, 0.25) is 0 Å². The summed E-state index contributed by atoms with van der Waals surface area (Å²) in [5.74, 6) is 0.432. The molecule has 0 saturated heterocycles. The van der Waals surface area contributed by atoms with Crippen molar-refractivity contribution < 1.29 is 19.2 Å². The van der Waals surface area contributed by atoms with Crippen molar-refractivity contribution in [3.05, 3.63) is 28.3 Å². The van der Waals surface area contributed by atoms with Gasteiger partial charge in [0.2, 0.25) is 0 Å². The normalized spacial score (nSPS) is 15.0. The third kappa shape index (κ3) is 4.34.